The van der Waals surface area contributed by atoms with Gasteiger partial charge in [0, 0.05) is 5.69 Å². The molecule has 0 radical (unpaired) electrons. The van der Waals surface area contributed by atoms with Gasteiger partial charge < -0.3 is 0 Å². The maximum absolute atomic E-state index is 11.8. The molecule has 0 aliphatic heterocycles. The largest absolute Gasteiger partial charge is 0.282 e. The van der Waals surface area contributed by atoms with E-state index in [-0.39, 0.29) is 5.56 Å². The summed E-state index contributed by atoms with van der Waals surface area (Å²) in [6.45, 7) is 1.56. The van der Waals surface area contributed by atoms with Crippen LogP contribution >= 0.6 is 0 Å². The molecule has 2 nitrogen and oxygen atoms in total. The molecule has 0 unspecified atom stereocenters. The minimum absolute atomic E-state index is 0.0185. The maximum atomic E-state index is 11.8. The van der Waals surface area contributed by atoms with Crippen molar-refractivity contribution in [2.24, 2.45) is 0 Å². The van der Waals surface area contributed by atoms with Gasteiger partial charge in [0.05, 0.1) is 11.8 Å². The molecule has 0 aliphatic carbocycles. The average Bonchev–Trinajstić information content (AvgIpc) is 2.13. The van der Waals surface area contributed by atoms with Crippen LogP contribution in [0, 0.1) is 6.92 Å². The van der Waals surface area contributed by atoms with Crippen molar-refractivity contribution in [2.75, 3.05) is 0 Å². The fraction of sp³-hybridized carbons (Fsp3) is 0.400. The van der Waals surface area contributed by atoms with Crippen molar-refractivity contribution in [3.8, 4) is 0 Å². The predicted octanol–water partition coefficient (Wildman–Crippen LogP) is 1.66. The molecule has 0 amide bonds. The third-order valence-electron chi connectivity index (χ3n) is 1.10. The number of hydrogen-bond acceptors (Lipinski definition) is 1. The lowest BCUT2D eigenvalue weighted by atomic mass is 10.3. The summed E-state index contributed by atoms with van der Waals surface area (Å²) in [5, 5.41) is 5.86. The summed E-state index contributed by atoms with van der Waals surface area (Å²) >= 11 is 0. The summed E-state index contributed by atoms with van der Waals surface area (Å²) in [5.74, 6) is 0. The van der Waals surface area contributed by atoms with E-state index in [1.54, 1.807) is 6.92 Å². The average molecular weight is 132 g/mol. The maximum Gasteiger partial charge on any atom is 0.267 e. The van der Waals surface area contributed by atoms with Crippen molar-refractivity contribution in [3.05, 3.63) is 17.5 Å². The molecule has 0 fully saturated rings. The molecule has 1 rings (SSSR count). The number of H-pyrrole nitrogens is 1. The van der Waals surface area contributed by atoms with Crippen LogP contribution in [0.5, 0.6) is 0 Å². The molecule has 50 valence electrons. The van der Waals surface area contributed by atoms with Crippen molar-refractivity contribution in [2.45, 2.75) is 13.3 Å². The van der Waals surface area contributed by atoms with Crippen molar-refractivity contribution in [1.82, 2.24) is 10.2 Å². The van der Waals surface area contributed by atoms with Gasteiger partial charge in [-0.3, -0.25) is 5.10 Å². The molecule has 1 aromatic rings. The number of rotatable bonds is 1. The lowest BCUT2D eigenvalue weighted by Gasteiger charge is -1.92. The molecule has 0 spiro atoms. The van der Waals surface area contributed by atoms with Gasteiger partial charge in [0.15, 0.2) is 0 Å². The zero-order chi connectivity index (χ0) is 6.85. The van der Waals surface area contributed by atoms with E-state index in [1.165, 1.54) is 0 Å². The number of aromatic nitrogens is 2. The number of hydrogen-bond donors (Lipinski definition) is 1. The van der Waals surface area contributed by atoms with Gasteiger partial charge in [0.25, 0.3) is 6.43 Å². The van der Waals surface area contributed by atoms with Gasteiger partial charge in [-0.1, -0.05) is 0 Å². The zero-order valence-corrected chi connectivity index (χ0v) is 4.86. The Hall–Kier alpha value is -0.930. The fourth-order valence-electron chi connectivity index (χ4n) is 0.580. The monoisotopic (exact) mass is 132 g/mol. The summed E-state index contributed by atoms with van der Waals surface area (Å²) in [5.41, 5.74) is 0.417. The minimum Gasteiger partial charge on any atom is -0.282 e. The number of nitrogens with zero attached hydrogens (tertiary/aromatic N) is 1. The highest BCUT2D eigenvalue weighted by Crippen LogP contribution is 2.19. The predicted molar refractivity (Wildman–Crippen MR) is 28.3 cm³/mol. The van der Waals surface area contributed by atoms with Crippen LogP contribution in [0.2, 0.25) is 0 Å². The van der Waals surface area contributed by atoms with Gasteiger partial charge in [-0.15, -0.1) is 0 Å². The lowest BCUT2D eigenvalue weighted by molar-refractivity contribution is 0.150. The highest BCUT2D eigenvalue weighted by Gasteiger charge is 2.10. The Labute approximate surface area is 50.9 Å². The molecule has 1 heterocycles. The molecule has 1 N–H and O–H groups in total. The Balaban J connectivity index is 2.94. The molecule has 0 saturated carbocycles. The van der Waals surface area contributed by atoms with E-state index in [0.29, 0.717) is 5.69 Å². The highest BCUT2D eigenvalue weighted by atomic mass is 19.3. The first kappa shape index (κ1) is 6.19. The topological polar surface area (TPSA) is 28.7 Å². The van der Waals surface area contributed by atoms with E-state index >= 15 is 0 Å². The van der Waals surface area contributed by atoms with Crippen LogP contribution in [0.3, 0.4) is 0 Å². The number of aromatic amines is 1. The molecule has 0 aromatic carbocycles. The second kappa shape index (κ2) is 2.13. The van der Waals surface area contributed by atoms with Gasteiger partial charge >= 0.3 is 0 Å². The molecule has 0 saturated heterocycles. The van der Waals surface area contributed by atoms with Gasteiger partial charge in [0.2, 0.25) is 0 Å². The Morgan fingerprint density at radius 3 is 2.56 bits per heavy atom. The summed E-state index contributed by atoms with van der Waals surface area (Å²) in [7, 11) is 0. The molecular formula is C5H6F2N2. The van der Waals surface area contributed by atoms with Crippen LogP contribution < -0.4 is 0 Å². The van der Waals surface area contributed by atoms with Crippen LogP contribution in [-0.2, 0) is 0 Å². The number of aryl methyl sites for hydroxylation is 1. The van der Waals surface area contributed by atoms with Crippen LogP contribution in [0.1, 0.15) is 17.7 Å². The van der Waals surface area contributed by atoms with E-state index in [2.05, 4.69) is 10.2 Å². The Bertz CT molecular complexity index is 195. The quantitative estimate of drug-likeness (QED) is 0.618. The third-order valence-corrected chi connectivity index (χ3v) is 1.10. The Morgan fingerprint density at radius 1 is 1.67 bits per heavy atom. The summed E-state index contributed by atoms with van der Waals surface area (Å²) in [4.78, 5) is 0. The molecule has 0 aliphatic rings. The smallest absolute Gasteiger partial charge is 0.267 e. The van der Waals surface area contributed by atoms with Crippen LogP contribution in [0.15, 0.2) is 6.20 Å². The molecular weight excluding hydrogens is 126 g/mol. The van der Waals surface area contributed by atoms with E-state index < -0.39 is 6.43 Å². The van der Waals surface area contributed by atoms with E-state index in [9.17, 15) is 8.78 Å². The summed E-state index contributed by atoms with van der Waals surface area (Å²) in [6.07, 6.45) is -1.27. The molecule has 0 bridgehead atoms. The van der Waals surface area contributed by atoms with E-state index in [0.717, 1.165) is 6.20 Å². The van der Waals surface area contributed by atoms with Crippen molar-refractivity contribution < 1.29 is 8.78 Å². The zero-order valence-electron chi connectivity index (χ0n) is 4.86. The van der Waals surface area contributed by atoms with E-state index in [4.69, 9.17) is 0 Å². The van der Waals surface area contributed by atoms with Crippen molar-refractivity contribution in [3.63, 3.8) is 0 Å². The lowest BCUT2D eigenvalue weighted by Crippen LogP contribution is -1.82. The van der Waals surface area contributed by atoms with Crippen molar-refractivity contribution >= 4 is 0 Å². The van der Waals surface area contributed by atoms with Crippen LogP contribution in [0.4, 0.5) is 8.78 Å². The molecule has 1 aromatic heterocycles. The first-order valence-corrected chi connectivity index (χ1v) is 2.50. The SMILES string of the molecule is Cc1[nH]ncc1C(F)F. The fourth-order valence-corrected chi connectivity index (χ4v) is 0.580. The van der Waals surface area contributed by atoms with Gasteiger partial charge in [-0.2, -0.15) is 5.10 Å². The number of nitrogens with one attached hydrogen (secondary N) is 1. The number of halogens is 2. The first-order chi connectivity index (χ1) is 4.22. The highest BCUT2D eigenvalue weighted by molar-refractivity contribution is 5.15. The van der Waals surface area contributed by atoms with E-state index in [1.807, 2.05) is 0 Å². The Kier molecular flexibility index (Phi) is 1.46. The molecule has 4 heteroatoms. The Morgan fingerprint density at radius 2 is 2.33 bits per heavy atom. The second-order valence-corrected chi connectivity index (χ2v) is 1.75. The molecule has 9 heavy (non-hydrogen) atoms. The van der Waals surface area contributed by atoms with Gasteiger partial charge in [-0.05, 0) is 6.92 Å². The van der Waals surface area contributed by atoms with Gasteiger partial charge in [-0.25, -0.2) is 8.78 Å². The van der Waals surface area contributed by atoms with Crippen molar-refractivity contribution in [1.29, 1.82) is 0 Å². The van der Waals surface area contributed by atoms with Crippen LogP contribution in [0.25, 0.3) is 0 Å². The minimum atomic E-state index is -2.41. The molecule has 0 atom stereocenters. The number of alkyl halides is 2. The second-order valence-electron chi connectivity index (χ2n) is 1.75. The standard InChI is InChI=1S/C5H6F2N2/c1-3-4(5(6)7)2-8-9-3/h2,5H,1H3,(H,8,9). The first-order valence-electron chi connectivity index (χ1n) is 2.50. The third kappa shape index (κ3) is 1.06. The normalized spacial score (nSPS) is 10.7. The summed E-state index contributed by atoms with van der Waals surface area (Å²) < 4.78 is 23.6. The van der Waals surface area contributed by atoms with Crippen LogP contribution in [-0.4, -0.2) is 10.2 Å². The van der Waals surface area contributed by atoms with Gasteiger partial charge in [0.1, 0.15) is 0 Å². The summed E-state index contributed by atoms with van der Waals surface area (Å²) in [6, 6.07) is 0.